The van der Waals surface area contributed by atoms with Gasteiger partial charge in [0.2, 0.25) is 5.91 Å². The van der Waals surface area contributed by atoms with Gasteiger partial charge in [0.05, 0.1) is 0 Å². The highest BCUT2D eigenvalue weighted by molar-refractivity contribution is 7.98. The summed E-state index contributed by atoms with van der Waals surface area (Å²) < 4.78 is 0. The maximum atomic E-state index is 11.0. The van der Waals surface area contributed by atoms with E-state index in [2.05, 4.69) is 11.6 Å². The number of nitrogens with two attached hydrogens (primary N) is 1. The summed E-state index contributed by atoms with van der Waals surface area (Å²) in [7, 11) is 0. The molecule has 0 heterocycles. The summed E-state index contributed by atoms with van der Waals surface area (Å²) in [5.74, 6) is 1.15. The lowest BCUT2D eigenvalue weighted by Crippen LogP contribution is -2.33. The highest BCUT2D eigenvalue weighted by Crippen LogP contribution is 1.99. The van der Waals surface area contributed by atoms with E-state index in [9.17, 15) is 4.79 Å². The molecule has 3 nitrogen and oxygen atoms in total. The highest BCUT2D eigenvalue weighted by Gasteiger charge is 2.04. The first-order valence-electron chi connectivity index (χ1n) is 4.19. The number of carbonyl (C=O) groups is 1. The van der Waals surface area contributed by atoms with E-state index in [0.29, 0.717) is 13.0 Å². The molecule has 1 atom stereocenters. The van der Waals surface area contributed by atoms with Gasteiger partial charge in [-0.2, -0.15) is 11.8 Å². The topological polar surface area (TPSA) is 55.1 Å². The zero-order valence-electron chi connectivity index (χ0n) is 7.80. The first-order valence-corrected chi connectivity index (χ1v) is 5.58. The summed E-state index contributed by atoms with van der Waals surface area (Å²) in [6, 6.07) is 0.275. The molecule has 0 rings (SSSR count). The van der Waals surface area contributed by atoms with Gasteiger partial charge in [0, 0.05) is 19.0 Å². The smallest absolute Gasteiger partial charge is 0.221 e. The molecule has 3 N–H and O–H groups in total. The van der Waals surface area contributed by atoms with E-state index in [0.717, 1.165) is 12.2 Å². The molecule has 0 saturated heterocycles. The third-order valence-electron chi connectivity index (χ3n) is 1.53. The molecule has 1 amide bonds. The molecular formula is C8H18N2OS. The number of thioether (sulfide) groups is 1. The quantitative estimate of drug-likeness (QED) is 0.644. The molecule has 4 heteroatoms. The van der Waals surface area contributed by atoms with Crippen LogP contribution in [0.4, 0.5) is 0 Å². The van der Waals surface area contributed by atoms with Crippen molar-refractivity contribution in [2.24, 2.45) is 5.73 Å². The van der Waals surface area contributed by atoms with Gasteiger partial charge < -0.3 is 11.1 Å². The lowest BCUT2D eigenvalue weighted by Gasteiger charge is -2.12. The van der Waals surface area contributed by atoms with Crippen molar-refractivity contribution in [1.29, 1.82) is 0 Å². The average Bonchev–Trinajstić information content (AvgIpc) is 2.01. The molecule has 12 heavy (non-hydrogen) atoms. The third kappa shape index (κ3) is 6.49. The highest BCUT2D eigenvalue weighted by atomic mass is 32.2. The zero-order valence-corrected chi connectivity index (χ0v) is 8.62. The van der Waals surface area contributed by atoms with E-state index in [-0.39, 0.29) is 11.9 Å². The number of hydrogen-bond acceptors (Lipinski definition) is 3. The van der Waals surface area contributed by atoms with E-state index in [1.165, 1.54) is 0 Å². The second kappa shape index (κ2) is 7.43. The molecule has 0 fully saturated rings. The molecule has 0 aromatic carbocycles. The number of amides is 1. The summed E-state index contributed by atoms with van der Waals surface area (Å²) in [5, 5.41) is 2.88. The molecule has 0 saturated carbocycles. The monoisotopic (exact) mass is 190 g/mol. The van der Waals surface area contributed by atoms with Gasteiger partial charge in [-0.15, -0.1) is 0 Å². The van der Waals surface area contributed by atoms with Crippen LogP contribution in [-0.4, -0.2) is 30.5 Å². The summed E-state index contributed by atoms with van der Waals surface area (Å²) in [5.41, 5.74) is 5.24. The fourth-order valence-corrected chi connectivity index (χ4v) is 1.43. The average molecular weight is 190 g/mol. The van der Waals surface area contributed by atoms with Gasteiger partial charge >= 0.3 is 0 Å². The van der Waals surface area contributed by atoms with Gasteiger partial charge in [0.1, 0.15) is 0 Å². The van der Waals surface area contributed by atoms with Crippen molar-refractivity contribution < 1.29 is 4.79 Å². The van der Waals surface area contributed by atoms with Crippen LogP contribution in [0, 0.1) is 0 Å². The lowest BCUT2D eigenvalue weighted by molar-refractivity contribution is -0.121. The number of nitrogens with one attached hydrogen (secondary N) is 1. The van der Waals surface area contributed by atoms with Crippen LogP contribution in [0.25, 0.3) is 0 Å². The summed E-state index contributed by atoms with van der Waals surface area (Å²) >= 11 is 1.79. The molecule has 1 unspecified atom stereocenters. The summed E-state index contributed by atoms with van der Waals surface area (Å²) in [4.78, 5) is 11.0. The Hall–Kier alpha value is -0.220. The van der Waals surface area contributed by atoms with Crippen LogP contribution in [0.1, 0.15) is 19.8 Å². The zero-order chi connectivity index (χ0) is 9.40. The molecule has 0 aliphatic carbocycles. The van der Waals surface area contributed by atoms with Crippen LogP contribution in [0.3, 0.4) is 0 Å². The Morgan fingerprint density at radius 3 is 2.83 bits per heavy atom. The Balaban J connectivity index is 3.40. The lowest BCUT2D eigenvalue weighted by atomic mass is 10.2. The van der Waals surface area contributed by atoms with Crippen molar-refractivity contribution in [1.82, 2.24) is 5.32 Å². The molecule has 0 aliphatic heterocycles. The molecule has 0 spiro atoms. The van der Waals surface area contributed by atoms with E-state index in [4.69, 9.17) is 5.73 Å². The van der Waals surface area contributed by atoms with Crippen molar-refractivity contribution in [2.75, 3.05) is 18.6 Å². The van der Waals surface area contributed by atoms with E-state index in [1.54, 1.807) is 11.8 Å². The van der Waals surface area contributed by atoms with Crippen LogP contribution in [0.2, 0.25) is 0 Å². The molecule has 0 aliphatic rings. The fourth-order valence-electron chi connectivity index (χ4n) is 0.845. The van der Waals surface area contributed by atoms with Crippen LogP contribution in [0.5, 0.6) is 0 Å². The Morgan fingerprint density at radius 1 is 1.67 bits per heavy atom. The van der Waals surface area contributed by atoms with Crippen LogP contribution < -0.4 is 11.1 Å². The minimum absolute atomic E-state index is 0.0612. The number of hydrogen-bond donors (Lipinski definition) is 2. The Kier molecular flexibility index (Phi) is 7.29. The molecule has 0 radical (unpaired) electrons. The Labute approximate surface area is 78.5 Å². The second-order valence-electron chi connectivity index (χ2n) is 2.79. The van der Waals surface area contributed by atoms with Gasteiger partial charge in [0.15, 0.2) is 0 Å². The second-order valence-corrected chi connectivity index (χ2v) is 3.77. The summed E-state index contributed by atoms with van der Waals surface area (Å²) in [6.45, 7) is 2.45. The van der Waals surface area contributed by atoms with Gasteiger partial charge in [-0.3, -0.25) is 4.79 Å². The minimum Gasteiger partial charge on any atom is -0.354 e. The normalized spacial score (nSPS) is 12.6. The number of rotatable bonds is 6. The largest absolute Gasteiger partial charge is 0.354 e. The predicted octanol–water partition coefficient (Wildman–Crippen LogP) is 0.593. The maximum Gasteiger partial charge on any atom is 0.221 e. The molecular weight excluding hydrogens is 172 g/mol. The standard InChI is InChI=1S/C8H18N2OS/c1-7(4-6-12-2)10-8(11)3-5-9/h7H,3-6,9H2,1-2H3,(H,10,11). The first-order chi connectivity index (χ1) is 5.70. The van der Waals surface area contributed by atoms with Crippen molar-refractivity contribution in [3.63, 3.8) is 0 Å². The van der Waals surface area contributed by atoms with Gasteiger partial charge in [-0.05, 0) is 25.4 Å². The van der Waals surface area contributed by atoms with Gasteiger partial charge in [0.25, 0.3) is 0 Å². The molecule has 0 aromatic heterocycles. The Morgan fingerprint density at radius 2 is 2.33 bits per heavy atom. The third-order valence-corrected chi connectivity index (χ3v) is 2.18. The fraction of sp³-hybridized carbons (Fsp3) is 0.875. The van der Waals surface area contributed by atoms with Crippen LogP contribution in [-0.2, 0) is 4.79 Å². The molecule has 0 aromatic rings. The van der Waals surface area contributed by atoms with Crippen molar-refractivity contribution in [3.8, 4) is 0 Å². The predicted molar refractivity (Wildman–Crippen MR) is 54.3 cm³/mol. The van der Waals surface area contributed by atoms with Gasteiger partial charge in [-0.25, -0.2) is 0 Å². The maximum absolute atomic E-state index is 11.0. The SMILES string of the molecule is CSCCC(C)NC(=O)CCN. The van der Waals surface area contributed by atoms with Crippen molar-refractivity contribution in [2.45, 2.75) is 25.8 Å². The minimum atomic E-state index is 0.0612. The van der Waals surface area contributed by atoms with E-state index in [1.807, 2.05) is 6.92 Å². The van der Waals surface area contributed by atoms with E-state index < -0.39 is 0 Å². The van der Waals surface area contributed by atoms with Crippen LogP contribution >= 0.6 is 11.8 Å². The molecule has 0 bridgehead atoms. The number of carbonyl (C=O) groups excluding carboxylic acids is 1. The molecule has 72 valence electrons. The summed E-state index contributed by atoms with van der Waals surface area (Å²) in [6.07, 6.45) is 3.52. The van der Waals surface area contributed by atoms with Crippen molar-refractivity contribution in [3.05, 3.63) is 0 Å². The van der Waals surface area contributed by atoms with Crippen LogP contribution in [0.15, 0.2) is 0 Å². The first kappa shape index (κ1) is 11.8. The van der Waals surface area contributed by atoms with Gasteiger partial charge in [-0.1, -0.05) is 0 Å². The Bertz CT molecular complexity index is 130. The van der Waals surface area contributed by atoms with Crippen molar-refractivity contribution >= 4 is 17.7 Å². The van der Waals surface area contributed by atoms with E-state index >= 15 is 0 Å².